The zero-order valence-corrected chi connectivity index (χ0v) is 6.61. The molecule has 0 aromatic carbocycles. The second-order valence-electron chi connectivity index (χ2n) is 2.01. The molecule has 68 valence electrons. The summed E-state index contributed by atoms with van der Waals surface area (Å²) in [5, 5.41) is 9.78. The maximum absolute atomic E-state index is 10.6. The summed E-state index contributed by atoms with van der Waals surface area (Å²) in [6, 6.07) is 0. The van der Waals surface area contributed by atoms with Gasteiger partial charge in [-0.15, -0.1) is 0 Å². The molecule has 0 fully saturated rings. The van der Waals surface area contributed by atoms with Gasteiger partial charge < -0.3 is 4.74 Å². The van der Waals surface area contributed by atoms with Crippen LogP contribution >= 0.6 is 0 Å². The van der Waals surface area contributed by atoms with Crippen LogP contribution in [0.1, 0.15) is 13.3 Å². The Balaban J connectivity index is 3.69. The molecule has 0 unspecified atom stereocenters. The minimum Gasteiger partial charge on any atom is -0.466 e. The number of ether oxygens (including phenoxy) is 1. The third-order valence-electron chi connectivity index (χ3n) is 0.952. The molecule has 0 bridgehead atoms. The molecule has 0 amide bonds. The molecule has 0 atom stereocenters. The quantitative estimate of drug-likeness (QED) is 0.249. The number of ketones is 1. The number of nitrogens with zero attached hydrogens (tertiary/aromatic N) is 1. The van der Waals surface area contributed by atoms with Gasteiger partial charge in [0.2, 0.25) is 5.78 Å². The molecule has 0 saturated carbocycles. The molecule has 12 heavy (non-hydrogen) atoms. The summed E-state index contributed by atoms with van der Waals surface area (Å²) in [5.74, 6) is -1.46. The first-order valence-corrected chi connectivity index (χ1v) is 3.35. The van der Waals surface area contributed by atoms with Crippen molar-refractivity contribution >= 4 is 11.8 Å². The Morgan fingerprint density at radius 2 is 2.08 bits per heavy atom. The lowest BCUT2D eigenvalue weighted by atomic mass is 10.3. The highest BCUT2D eigenvalue weighted by atomic mass is 16.6. The van der Waals surface area contributed by atoms with Crippen molar-refractivity contribution in [3.05, 3.63) is 10.1 Å². The van der Waals surface area contributed by atoms with E-state index in [0.717, 1.165) is 0 Å². The third kappa shape index (κ3) is 5.33. The van der Waals surface area contributed by atoms with Crippen LogP contribution in [0, 0.1) is 10.1 Å². The van der Waals surface area contributed by atoms with E-state index in [1.165, 1.54) is 0 Å². The Hall–Kier alpha value is -1.46. The van der Waals surface area contributed by atoms with Gasteiger partial charge >= 0.3 is 5.97 Å². The molecule has 6 nitrogen and oxygen atoms in total. The molecule has 6 heteroatoms. The van der Waals surface area contributed by atoms with E-state index in [1.54, 1.807) is 6.92 Å². The highest BCUT2D eigenvalue weighted by Gasteiger charge is 2.14. The first kappa shape index (κ1) is 10.5. The molecule has 0 N–H and O–H groups in total. The molecule has 0 saturated heterocycles. The van der Waals surface area contributed by atoms with Crippen LogP contribution in [-0.4, -0.2) is 29.8 Å². The zero-order valence-electron chi connectivity index (χ0n) is 6.61. The van der Waals surface area contributed by atoms with Crippen molar-refractivity contribution in [1.82, 2.24) is 0 Å². The molecular formula is C6H9NO5. The maximum atomic E-state index is 10.6. The van der Waals surface area contributed by atoms with E-state index in [9.17, 15) is 19.7 Å². The normalized spacial score (nSPS) is 9.08. The van der Waals surface area contributed by atoms with Gasteiger partial charge in [-0.25, -0.2) is 0 Å². The van der Waals surface area contributed by atoms with Gasteiger partial charge in [-0.05, 0) is 6.92 Å². The fourth-order valence-electron chi connectivity index (χ4n) is 0.573. The van der Waals surface area contributed by atoms with Gasteiger partial charge in [0.05, 0.1) is 6.61 Å². The van der Waals surface area contributed by atoms with Crippen LogP contribution in [0.2, 0.25) is 0 Å². The number of carbonyl (C=O) groups excluding carboxylic acids is 2. The zero-order chi connectivity index (χ0) is 9.56. The average Bonchev–Trinajstić information content (AvgIpc) is 1.84. The number of Topliss-reactive ketones (excluding diaryl/α,β-unsaturated/α-hetero) is 1. The Morgan fingerprint density at radius 3 is 2.50 bits per heavy atom. The summed E-state index contributed by atoms with van der Waals surface area (Å²) in [7, 11) is 0. The van der Waals surface area contributed by atoms with E-state index in [1.807, 2.05) is 0 Å². The molecule has 0 rings (SSSR count). The molecule has 0 aromatic heterocycles. The molecule has 0 spiro atoms. The van der Waals surface area contributed by atoms with E-state index in [2.05, 4.69) is 4.74 Å². The van der Waals surface area contributed by atoms with Crippen LogP contribution in [0.3, 0.4) is 0 Å². The number of rotatable bonds is 5. The van der Waals surface area contributed by atoms with Gasteiger partial charge in [0.25, 0.3) is 6.54 Å². The minimum atomic E-state index is -0.821. The van der Waals surface area contributed by atoms with Gasteiger partial charge in [-0.1, -0.05) is 0 Å². The smallest absolute Gasteiger partial charge is 0.313 e. The predicted molar refractivity (Wildman–Crippen MR) is 38.1 cm³/mol. The number of hydrogen-bond acceptors (Lipinski definition) is 5. The first-order chi connectivity index (χ1) is 5.56. The van der Waals surface area contributed by atoms with Crippen molar-refractivity contribution in [2.24, 2.45) is 0 Å². The van der Waals surface area contributed by atoms with Gasteiger partial charge in [0.1, 0.15) is 6.42 Å². The van der Waals surface area contributed by atoms with Crippen LogP contribution in [-0.2, 0) is 14.3 Å². The maximum Gasteiger partial charge on any atom is 0.313 e. The number of nitro groups is 1. The molecule has 0 aliphatic carbocycles. The van der Waals surface area contributed by atoms with Crippen LogP contribution in [0.4, 0.5) is 0 Å². The summed E-state index contributed by atoms with van der Waals surface area (Å²) in [6.45, 7) is 0.944. The van der Waals surface area contributed by atoms with Crippen molar-refractivity contribution in [2.45, 2.75) is 13.3 Å². The van der Waals surface area contributed by atoms with E-state index >= 15 is 0 Å². The SMILES string of the molecule is CCOC(=O)CC(=O)C[N+](=O)[O-]. The molecule has 0 aliphatic rings. The monoisotopic (exact) mass is 175 g/mol. The van der Waals surface area contributed by atoms with Gasteiger partial charge in [-0.3, -0.25) is 19.7 Å². The summed E-state index contributed by atoms with van der Waals surface area (Å²) in [4.78, 5) is 30.2. The fourth-order valence-corrected chi connectivity index (χ4v) is 0.573. The standard InChI is InChI=1S/C6H9NO5/c1-2-12-6(9)3-5(8)4-7(10)11/h2-4H2,1H3. The summed E-state index contributed by atoms with van der Waals surface area (Å²) < 4.78 is 4.41. The summed E-state index contributed by atoms with van der Waals surface area (Å²) in [5.41, 5.74) is 0. The molecule has 0 radical (unpaired) electrons. The lowest BCUT2D eigenvalue weighted by Crippen LogP contribution is -2.18. The van der Waals surface area contributed by atoms with Crippen LogP contribution in [0.25, 0.3) is 0 Å². The van der Waals surface area contributed by atoms with Crippen molar-refractivity contribution in [2.75, 3.05) is 13.2 Å². The average molecular weight is 175 g/mol. The third-order valence-corrected chi connectivity index (χ3v) is 0.952. The van der Waals surface area contributed by atoms with Crippen LogP contribution < -0.4 is 0 Å². The molecule has 0 heterocycles. The van der Waals surface area contributed by atoms with Crippen molar-refractivity contribution in [3.63, 3.8) is 0 Å². The molecule has 0 aromatic rings. The van der Waals surface area contributed by atoms with E-state index in [4.69, 9.17) is 0 Å². The van der Waals surface area contributed by atoms with Gasteiger partial charge in [0, 0.05) is 4.92 Å². The van der Waals surface area contributed by atoms with E-state index in [-0.39, 0.29) is 6.61 Å². The van der Waals surface area contributed by atoms with E-state index in [0.29, 0.717) is 0 Å². The fraction of sp³-hybridized carbons (Fsp3) is 0.667. The largest absolute Gasteiger partial charge is 0.466 e. The predicted octanol–water partition coefficient (Wildman–Crippen LogP) is -0.215. The summed E-state index contributed by atoms with van der Waals surface area (Å²) in [6.07, 6.45) is -0.519. The lowest BCUT2D eigenvalue weighted by molar-refractivity contribution is -0.467. The Labute approximate surface area is 68.7 Å². The number of carbonyl (C=O) groups is 2. The highest BCUT2D eigenvalue weighted by Crippen LogP contribution is 1.88. The first-order valence-electron chi connectivity index (χ1n) is 3.35. The molecule has 0 aliphatic heterocycles. The number of hydrogen-bond donors (Lipinski definition) is 0. The molecular weight excluding hydrogens is 166 g/mol. The van der Waals surface area contributed by atoms with Crippen LogP contribution in [0.15, 0.2) is 0 Å². The lowest BCUT2D eigenvalue weighted by Gasteiger charge is -1.97. The minimum absolute atomic E-state index is 0.171. The highest BCUT2D eigenvalue weighted by molar-refractivity contribution is 5.96. The van der Waals surface area contributed by atoms with Crippen LogP contribution in [0.5, 0.6) is 0 Å². The van der Waals surface area contributed by atoms with E-state index < -0.39 is 29.6 Å². The van der Waals surface area contributed by atoms with Crippen molar-refractivity contribution < 1.29 is 19.2 Å². The van der Waals surface area contributed by atoms with Crippen molar-refractivity contribution in [1.29, 1.82) is 0 Å². The summed E-state index contributed by atoms with van der Waals surface area (Å²) >= 11 is 0. The topological polar surface area (TPSA) is 86.5 Å². The Bertz CT molecular complexity index is 200. The van der Waals surface area contributed by atoms with Gasteiger partial charge in [-0.2, -0.15) is 0 Å². The Morgan fingerprint density at radius 1 is 1.50 bits per heavy atom. The second-order valence-corrected chi connectivity index (χ2v) is 2.01. The second kappa shape index (κ2) is 5.22. The number of esters is 1. The Kier molecular flexibility index (Phi) is 4.59. The van der Waals surface area contributed by atoms with Gasteiger partial charge in [0.15, 0.2) is 0 Å². The van der Waals surface area contributed by atoms with Crippen molar-refractivity contribution in [3.8, 4) is 0 Å².